The minimum atomic E-state index is -1.30. The van der Waals surface area contributed by atoms with Crippen LogP contribution < -0.4 is 16.0 Å². The molecule has 0 bridgehead atoms. The molecule has 0 aromatic carbocycles. The fraction of sp³-hybridized carbons (Fsp3) is 0.769. The van der Waals surface area contributed by atoms with Gasteiger partial charge in [0.1, 0.15) is 11.6 Å². The summed E-state index contributed by atoms with van der Waals surface area (Å²) in [6.07, 6.45) is 1.55. The molecule has 8 nitrogen and oxygen atoms in total. The van der Waals surface area contributed by atoms with Crippen molar-refractivity contribution in [3.8, 4) is 0 Å². The molecule has 1 aliphatic rings. The molecule has 1 rings (SSSR count). The molecule has 0 spiro atoms. The van der Waals surface area contributed by atoms with Gasteiger partial charge >= 0.3 is 12.0 Å². The van der Waals surface area contributed by atoms with Gasteiger partial charge in [0.05, 0.1) is 6.61 Å². The first kappa shape index (κ1) is 17.2. The first-order valence-corrected chi connectivity index (χ1v) is 6.90. The van der Waals surface area contributed by atoms with Gasteiger partial charge in [-0.25, -0.2) is 9.59 Å². The van der Waals surface area contributed by atoms with Gasteiger partial charge < -0.3 is 25.8 Å². The average molecular weight is 301 g/mol. The van der Waals surface area contributed by atoms with Crippen LogP contribution in [-0.2, 0) is 14.3 Å². The normalized spacial score (nSPS) is 18.2. The topological polar surface area (TPSA) is 117 Å². The van der Waals surface area contributed by atoms with E-state index in [9.17, 15) is 19.5 Å². The molecule has 1 saturated carbocycles. The Kier molecular flexibility index (Phi) is 5.95. The van der Waals surface area contributed by atoms with Crippen molar-refractivity contribution in [3.63, 3.8) is 0 Å². The second-order valence-corrected chi connectivity index (χ2v) is 5.39. The highest BCUT2D eigenvalue weighted by Gasteiger charge is 2.48. The van der Waals surface area contributed by atoms with E-state index in [4.69, 9.17) is 4.74 Å². The molecule has 4 N–H and O–H groups in total. The zero-order valence-corrected chi connectivity index (χ0v) is 12.6. The van der Waals surface area contributed by atoms with Crippen LogP contribution in [0, 0.1) is 5.92 Å². The Morgan fingerprint density at radius 3 is 2.48 bits per heavy atom. The van der Waals surface area contributed by atoms with Gasteiger partial charge in [0.15, 0.2) is 0 Å². The van der Waals surface area contributed by atoms with Crippen molar-refractivity contribution < 1.29 is 24.2 Å². The predicted molar refractivity (Wildman–Crippen MR) is 74.8 cm³/mol. The second-order valence-electron chi connectivity index (χ2n) is 5.39. The number of hydrogen-bond donors (Lipinski definition) is 4. The molecule has 0 saturated heterocycles. The molecule has 2 atom stereocenters. The van der Waals surface area contributed by atoms with Gasteiger partial charge in [-0.2, -0.15) is 0 Å². The third-order valence-electron chi connectivity index (χ3n) is 3.56. The highest BCUT2D eigenvalue weighted by molar-refractivity contribution is 5.90. The SMILES string of the molecule is COCCNC(=O)C(C)NC(=O)NC(C)(C(=O)O)C1CC1. The lowest BCUT2D eigenvalue weighted by Crippen LogP contribution is -2.59. The number of carbonyl (C=O) groups excluding carboxylic acids is 2. The molecule has 1 fully saturated rings. The third kappa shape index (κ3) is 4.89. The summed E-state index contributed by atoms with van der Waals surface area (Å²) in [5.41, 5.74) is -1.30. The van der Waals surface area contributed by atoms with Crippen molar-refractivity contribution in [1.82, 2.24) is 16.0 Å². The lowest BCUT2D eigenvalue weighted by molar-refractivity contribution is -0.144. The number of carboxylic acids is 1. The van der Waals surface area contributed by atoms with Gasteiger partial charge in [0, 0.05) is 13.7 Å². The smallest absolute Gasteiger partial charge is 0.329 e. The molecular weight excluding hydrogens is 278 g/mol. The maximum absolute atomic E-state index is 11.8. The summed E-state index contributed by atoms with van der Waals surface area (Å²) in [5.74, 6) is -1.49. The highest BCUT2D eigenvalue weighted by atomic mass is 16.5. The van der Waals surface area contributed by atoms with Crippen molar-refractivity contribution >= 4 is 17.9 Å². The van der Waals surface area contributed by atoms with Crippen LogP contribution in [0.25, 0.3) is 0 Å². The maximum Gasteiger partial charge on any atom is 0.329 e. The summed E-state index contributed by atoms with van der Waals surface area (Å²) in [5, 5.41) is 16.7. The standard InChI is InChI=1S/C13H23N3O5/c1-8(10(17)14-6-7-21-3)15-12(20)16-13(2,11(18)19)9-4-5-9/h8-9H,4-7H2,1-3H3,(H,14,17)(H,18,19)(H2,15,16,20). The molecule has 8 heteroatoms. The number of urea groups is 1. The number of methoxy groups -OCH3 is 1. The van der Waals surface area contributed by atoms with E-state index < -0.39 is 23.6 Å². The number of carbonyl (C=O) groups is 3. The maximum atomic E-state index is 11.8. The molecule has 0 aromatic rings. The first-order valence-electron chi connectivity index (χ1n) is 6.90. The highest BCUT2D eigenvalue weighted by Crippen LogP contribution is 2.39. The number of rotatable bonds is 8. The number of aliphatic carboxylic acids is 1. The molecule has 0 aromatic heterocycles. The third-order valence-corrected chi connectivity index (χ3v) is 3.56. The Hall–Kier alpha value is -1.83. The summed E-state index contributed by atoms with van der Waals surface area (Å²) in [6, 6.07) is -1.43. The van der Waals surface area contributed by atoms with E-state index in [0.29, 0.717) is 13.2 Å². The largest absolute Gasteiger partial charge is 0.480 e. The molecule has 0 radical (unpaired) electrons. The zero-order chi connectivity index (χ0) is 16.0. The van der Waals surface area contributed by atoms with E-state index in [1.54, 1.807) is 0 Å². The van der Waals surface area contributed by atoms with Crippen LogP contribution in [-0.4, -0.2) is 54.9 Å². The Labute approximate surface area is 123 Å². The molecule has 3 amide bonds. The minimum absolute atomic E-state index is 0.0633. The quantitative estimate of drug-likeness (QED) is 0.459. The van der Waals surface area contributed by atoms with E-state index in [2.05, 4.69) is 16.0 Å². The Morgan fingerprint density at radius 1 is 1.38 bits per heavy atom. The van der Waals surface area contributed by atoms with Gasteiger partial charge in [-0.1, -0.05) is 0 Å². The monoisotopic (exact) mass is 301 g/mol. The summed E-state index contributed by atoms with van der Waals surface area (Å²) in [6.45, 7) is 3.73. The molecule has 21 heavy (non-hydrogen) atoms. The van der Waals surface area contributed by atoms with E-state index >= 15 is 0 Å². The summed E-state index contributed by atoms with van der Waals surface area (Å²) in [4.78, 5) is 34.8. The van der Waals surface area contributed by atoms with Gasteiger partial charge in [-0.05, 0) is 32.6 Å². The second kappa shape index (κ2) is 7.26. The minimum Gasteiger partial charge on any atom is -0.480 e. The summed E-state index contributed by atoms with van der Waals surface area (Å²) >= 11 is 0. The molecular formula is C13H23N3O5. The van der Waals surface area contributed by atoms with Crippen LogP contribution >= 0.6 is 0 Å². The Morgan fingerprint density at radius 2 is 2.00 bits per heavy atom. The molecule has 1 aliphatic carbocycles. The van der Waals surface area contributed by atoms with Crippen molar-refractivity contribution in [2.75, 3.05) is 20.3 Å². The number of amides is 3. The van der Waals surface area contributed by atoms with Crippen molar-refractivity contribution in [3.05, 3.63) is 0 Å². The van der Waals surface area contributed by atoms with E-state index in [1.807, 2.05) is 0 Å². The number of hydrogen-bond acceptors (Lipinski definition) is 4. The molecule has 0 aliphatic heterocycles. The van der Waals surface area contributed by atoms with Gasteiger partial charge in [0.2, 0.25) is 5.91 Å². The van der Waals surface area contributed by atoms with E-state index in [-0.39, 0.29) is 11.8 Å². The first-order chi connectivity index (χ1) is 9.81. The number of ether oxygens (including phenoxy) is 1. The van der Waals surface area contributed by atoms with Gasteiger partial charge in [-0.15, -0.1) is 0 Å². The van der Waals surface area contributed by atoms with Crippen molar-refractivity contribution in [2.45, 2.75) is 38.3 Å². The lowest BCUT2D eigenvalue weighted by Gasteiger charge is -2.27. The molecule has 2 unspecified atom stereocenters. The van der Waals surface area contributed by atoms with Crippen LogP contribution in [0.5, 0.6) is 0 Å². The fourth-order valence-corrected chi connectivity index (χ4v) is 1.95. The van der Waals surface area contributed by atoms with Crippen LogP contribution in [0.1, 0.15) is 26.7 Å². The van der Waals surface area contributed by atoms with Crippen LogP contribution in [0.3, 0.4) is 0 Å². The Bertz CT molecular complexity index is 411. The van der Waals surface area contributed by atoms with Crippen molar-refractivity contribution in [1.29, 1.82) is 0 Å². The predicted octanol–water partition coefficient (Wildman–Crippen LogP) is -0.310. The lowest BCUT2D eigenvalue weighted by atomic mass is 9.96. The summed E-state index contributed by atoms with van der Waals surface area (Å²) < 4.78 is 4.80. The van der Waals surface area contributed by atoms with E-state index in [1.165, 1.54) is 21.0 Å². The summed E-state index contributed by atoms with van der Waals surface area (Å²) in [7, 11) is 1.52. The van der Waals surface area contributed by atoms with Crippen molar-refractivity contribution in [2.24, 2.45) is 5.92 Å². The Balaban J connectivity index is 2.45. The van der Waals surface area contributed by atoms with Gasteiger partial charge in [0.25, 0.3) is 0 Å². The molecule has 0 heterocycles. The molecule has 120 valence electrons. The van der Waals surface area contributed by atoms with Crippen LogP contribution in [0.15, 0.2) is 0 Å². The van der Waals surface area contributed by atoms with E-state index in [0.717, 1.165) is 12.8 Å². The van der Waals surface area contributed by atoms with Crippen LogP contribution in [0.4, 0.5) is 4.79 Å². The van der Waals surface area contributed by atoms with Gasteiger partial charge in [-0.3, -0.25) is 4.79 Å². The fourth-order valence-electron chi connectivity index (χ4n) is 1.95. The van der Waals surface area contributed by atoms with Crippen LogP contribution in [0.2, 0.25) is 0 Å². The number of carboxylic acid groups (broad SMARTS) is 1. The average Bonchev–Trinajstić information content (AvgIpc) is 3.22. The zero-order valence-electron chi connectivity index (χ0n) is 12.6. The number of nitrogens with one attached hydrogen (secondary N) is 3.